The molecule has 0 saturated carbocycles. The predicted octanol–water partition coefficient (Wildman–Crippen LogP) is 5.24. The third kappa shape index (κ3) is 5.77. The van der Waals surface area contributed by atoms with Crippen LogP contribution in [0.2, 0.25) is 0 Å². The van der Waals surface area contributed by atoms with Crippen LogP contribution in [0.25, 0.3) is 11.3 Å². The van der Waals surface area contributed by atoms with Gasteiger partial charge < -0.3 is 10.2 Å². The van der Waals surface area contributed by atoms with E-state index in [1.165, 1.54) is 12.1 Å². The molecule has 1 amide bonds. The van der Waals surface area contributed by atoms with E-state index in [1.54, 1.807) is 17.3 Å². The summed E-state index contributed by atoms with van der Waals surface area (Å²) >= 11 is 0. The molecule has 0 aliphatic carbocycles. The fraction of sp³-hybridized carbons (Fsp3) is 0.115. The second-order valence-electron chi connectivity index (χ2n) is 7.48. The van der Waals surface area contributed by atoms with Gasteiger partial charge in [-0.05, 0) is 47.9 Å². The van der Waals surface area contributed by atoms with Crippen molar-refractivity contribution in [3.8, 4) is 11.3 Å². The van der Waals surface area contributed by atoms with Crippen molar-refractivity contribution in [1.82, 2.24) is 9.97 Å². The number of pyridine rings is 2. The number of hydrogen-bond acceptors (Lipinski definition) is 4. The first kappa shape index (κ1) is 22.1. The molecule has 2 aromatic heterocycles. The second kappa shape index (κ2) is 10.5. The van der Waals surface area contributed by atoms with Crippen LogP contribution in [-0.2, 0) is 17.8 Å². The molecule has 0 saturated heterocycles. The van der Waals surface area contributed by atoms with Crippen molar-refractivity contribution in [2.75, 3.05) is 16.8 Å². The minimum absolute atomic E-state index is 0.327. The summed E-state index contributed by atoms with van der Waals surface area (Å²) < 4.78 is 27.0. The highest BCUT2D eigenvalue weighted by Crippen LogP contribution is 2.29. The number of nitrogens with zero attached hydrogens (tertiary/aromatic N) is 3. The zero-order chi connectivity index (χ0) is 23.0. The first-order valence-electron chi connectivity index (χ1n) is 10.5. The standard InChI is InChI=1S/C26H22F2N4O/c27-22-13-19(14-23(28)15-22)10-12-30-26-25(32(18-33)17-20-5-4-11-29-16-20)9-8-24(31-26)21-6-2-1-3-7-21/h1-9,11,13-16,18H,10,12,17H2,(H,30,31). The van der Waals surface area contributed by atoms with Crippen molar-refractivity contribution in [1.29, 1.82) is 0 Å². The average molecular weight is 444 g/mol. The lowest BCUT2D eigenvalue weighted by atomic mass is 10.1. The maximum absolute atomic E-state index is 13.5. The average Bonchev–Trinajstić information content (AvgIpc) is 2.83. The summed E-state index contributed by atoms with van der Waals surface area (Å²) in [6, 6.07) is 20.5. The minimum atomic E-state index is -0.613. The Morgan fingerprint density at radius 1 is 0.909 bits per heavy atom. The van der Waals surface area contributed by atoms with Crippen molar-refractivity contribution in [2.24, 2.45) is 0 Å². The lowest BCUT2D eigenvalue weighted by Gasteiger charge is -2.21. The van der Waals surface area contributed by atoms with E-state index in [0.717, 1.165) is 29.3 Å². The van der Waals surface area contributed by atoms with Gasteiger partial charge in [0.05, 0.1) is 17.9 Å². The van der Waals surface area contributed by atoms with Gasteiger partial charge in [0.25, 0.3) is 0 Å². The molecule has 2 aromatic carbocycles. The van der Waals surface area contributed by atoms with Crippen LogP contribution in [0, 0.1) is 11.6 Å². The van der Waals surface area contributed by atoms with E-state index in [-0.39, 0.29) is 0 Å². The van der Waals surface area contributed by atoms with Gasteiger partial charge in [0.2, 0.25) is 6.41 Å². The number of amides is 1. The summed E-state index contributed by atoms with van der Waals surface area (Å²) in [6.07, 6.45) is 4.51. The summed E-state index contributed by atoms with van der Waals surface area (Å²) in [5.74, 6) is -0.721. The normalized spacial score (nSPS) is 10.6. The van der Waals surface area contributed by atoms with Gasteiger partial charge in [-0.3, -0.25) is 9.78 Å². The molecule has 0 bridgehead atoms. The molecule has 0 fully saturated rings. The number of rotatable bonds is 9. The van der Waals surface area contributed by atoms with Crippen LogP contribution >= 0.6 is 0 Å². The van der Waals surface area contributed by atoms with E-state index in [1.807, 2.05) is 54.6 Å². The number of carbonyl (C=O) groups excluding carboxylic acids is 1. The third-order valence-electron chi connectivity index (χ3n) is 5.08. The van der Waals surface area contributed by atoms with Crippen molar-refractivity contribution in [2.45, 2.75) is 13.0 Å². The van der Waals surface area contributed by atoms with E-state index < -0.39 is 11.6 Å². The maximum Gasteiger partial charge on any atom is 0.214 e. The Bertz CT molecular complexity index is 1200. The van der Waals surface area contributed by atoms with Crippen LogP contribution < -0.4 is 10.2 Å². The number of halogens is 2. The largest absolute Gasteiger partial charge is 0.368 e. The highest BCUT2D eigenvalue weighted by Gasteiger charge is 2.15. The number of carbonyl (C=O) groups is 1. The van der Waals surface area contributed by atoms with Crippen molar-refractivity contribution in [3.05, 3.63) is 108 Å². The fourth-order valence-corrected chi connectivity index (χ4v) is 3.53. The minimum Gasteiger partial charge on any atom is -0.368 e. The predicted molar refractivity (Wildman–Crippen MR) is 125 cm³/mol. The molecular formula is C26H22F2N4O. The second-order valence-corrected chi connectivity index (χ2v) is 7.48. The summed E-state index contributed by atoms with van der Waals surface area (Å²) in [5, 5.41) is 3.24. The molecular weight excluding hydrogens is 422 g/mol. The van der Waals surface area contributed by atoms with Crippen LogP contribution in [0.4, 0.5) is 20.3 Å². The molecule has 0 unspecified atom stereocenters. The molecule has 166 valence electrons. The first-order valence-corrected chi connectivity index (χ1v) is 10.5. The zero-order valence-corrected chi connectivity index (χ0v) is 17.8. The van der Waals surface area contributed by atoms with Crippen molar-refractivity contribution in [3.63, 3.8) is 0 Å². The molecule has 0 aliphatic rings. The van der Waals surface area contributed by atoms with E-state index >= 15 is 0 Å². The van der Waals surface area contributed by atoms with Crippen molar-refractivity contribution >= 4 is 17.9 Å². The van der Waals surface area contributed by atoms with Crippen LogP contribution in [0.5, 0.6) is 0 Å². The third-order valence-corrected chi connectivity index (χ3v) is 5.08. The number of anilines is 2. The zero-order valence-electron chi connectivity index (χ0n) is 17.8. The fourth-order valence-electron chi connectivity index (χ4n) is 3.53. The molecule has 0 atom stereocenters. The lowest BCUT2D eigenvalue weighted by molar-refractivity contribution is -0.107. The number of aromatic nitrogens is 2. The smallest absolute Gasteiger partial charge is 0.214 e. The first-order chi connectivity index (χ1) is 16.1. The molecule has 4 aromatic rings. The molecule has 5 nitrogen and oxygen atoms in total. The van der Waals surface area contributed by atoms with E-state index in [2.05, 4.69) is 10.3 Å². The Labute approximate surface area is 190 Å². The van der Waals surface area contributed by atoms with Gasteiger partial charge in [-0.2, -0.15) is 0 Å². The topological polar surface area (TPSA) is 58.1 Å². The summed E-state index contributed by atoms with van der Waals surface area (Å²) in [7, 11) is 0. The molecule has 1 N–H and O–H groups in total. The molecule has 0 aliphatic heterocycles. The van der Waals surface area contributed by atoms with Gasteiger partial charge in [0.1, 0.15) is 11.6 Å². The Morgan fingerprint density at radius 2 is 1.70 bits per heavy atom. The van der Waals surface area contributed by atoms with Gasteiger partial charge in [-0.25, -0.2) is 13.8 Å². The van der Waals surface area contributed by atoms with Gasteiger partial charge in [-0.1, -0.05) is 36.4 Å². The van der Waals surface area contributed by atoms with Crippen LogP contribution in [-0.4, -0.2) is 22.9 Å². The van der Waals surface area contributed by atoms with Crippen LogP contribution in [0.3, 0.4) is 0 Å². The molecule has 4 rings (SSSR count). The molecule has 0 radical (unpaired) electrons. The number of nitrogens with one attached hydrogen (secondary N) is 1. The Kier molecular flexibility index (Phi) is 6.99. The lowest BCUT2D eigenvalue weighted by Crippen LogP contribution is -2.23. The maximum atomic E-state index is 13.5. The Balaban J connectivity index is 1.61. The molecule has 7 heteroatoms. The summed E-state index contributed by atoms with van der Waals surface area (Å²) in [5.41, 5.74) is 3.68. The quantitative estimate of drug-likeness (QED) is 0.359. The summed E-state index contributed by atoms with van der Waals surface area (Å²) in [4.78, 5) is 22.3. The Morgan fingerprint density at radius 3 is 2.39 bits per heavy atom. The van der Waals surface area contributed by atoms with Gasteiger partial charge in [-0.15, -0.1) is 0 Å². The number of benzene rings is 2. The van der Waals surface area contributed by atoms with Crippen LogP contribution in [0.15, 0.2) is 85.2 Å². The monoisotopic (exact) mass is 444 g/mol. The highest BCUT2D eigenvalue weighted by atomic mass is 19.1. The van der Waals surface area contributed by atoms with E-state index in [0.29, 0.717) is 36.6 Å². The molecule has 2 heterocycles. The van der Waals surface area contributed by atoms with Gasteiger partial charge >= 0.3 is 0 Å². The van der Waals surface area contributed by atoms with E-state index in [9.17, 15) is 13.6 Å². The molecule has 0 spiro atoms. The summed E-state index contributed by atoms with van der Waals surface area (Å²) in [6.45, 7) is 0.703. The van der Waals surface area contributed by atoms with Crippen LogP contribution in [0.1, 0.15) is 11.1 Å². The number of hydrogen-bond donors (Lipinski definition) is 1. The van der Waals surface area contributed by atoms with E-state index in [4.69, 9.17) is 4.98 Å². The van der Waals surface area contributed by atoms with Crippen molar-refractivity contribution < 1.29 is 13.6 Å². The van der Waals surface area contributed by atoms with Gasteiger partial charge in [0.15, 0.2) is 5.82 Å². The Hall–Kier alpha value is -4.13. The molecule has 33 heavy (non-hydrogen) atoms. The van der Waals surface area contributed by atoms with Gasteiger partial charge in [0, 0.05) is 30.6 Å². The SMILES string of the molecule is O=CN(Cc1cccnc1)c1ccc(-c2ccccc2)nc1NCCc1cc(F)cc(F)c1. The highest BCUT2D eigenvalue weighted by molar-refractivity contribution is 5.83.